The van der Waals surface area contributed by atoms with Gasteiger partial charge in [-0.1, -0.05) is 0 Å². The minimum absolute atomic E-state index is 0.0859. The van der Waals surface area contributed by atoms with E-state index in [1.807, 2.05) is 0 Å². The highest BCUT2D eigenvalue weighted by Gasteiger charge is 2.08. The molecular formula is C15H18N2O4. The molecule has 0 spiro atoms. The molecule has 0 unspecified atom stereocenters. The molecule has 0 amide bonds. The number of hydrogen-bond donors (Lipinski definition) is 1. The number of nitriles is 1. The maximum absolute atomic E-state index is 11.4. The molecule has 0 aromatic heterocycles. The van der Waals surface area contributed by atoms with Crippen LogP contribution in [-0.4, -0.2) is 32.9 Å². The van der Waals surface area contributed by atoms with Gasteiger partial charge in [0.2, 0.25) is 0 Å². The van der Waals surface area contributed by atoms with E-state index in [0.717, 1.165) is 5.69 Å². The van der Waals surface area contributed by atoms with Crippen LogP contribution in [0.4, 0.5) is 5.69 Å². The fraction of sp³-hybridized carbons (Fsp3) is 0.333. The lowest BCUT2D eigenvalue weighted by atomic mass is 10.3. The number of methoxy groups -OCH3 is 1. The molecule has 6 heteroatoms. The van der Waals surface area contributed by atoms with Crippen molar-refractivity contribution in [1.82, 2.24) is 0 Å². The van der Waals surface area contributed by atoms with Crippen LogP contribution in [0.3, 0.4) is 0 Å². The molecule has 1 aromatic carbocycles. The molecule has 0 fully saturated rings. The standard InChI is InChI=1S/C15H18N2O4/c1-3-20-15(18)12(10-16)11-17-13-4-6-14(7-5-13)21-9-8-19-2/h4-7,11,17H,3,8-9H2,1-2H3/b12-11-. The van der Waals surface area contributed by atoms with Gasteiger partial charge in [0.25, 0.3) is 0 Å². The van der Waals surface area contributed by atoms with Gasteiger partial charge in [-0.3, -0.25) is 0 Å². The van der Waals surface area contributed by atoms with Crippen LogP contribution in [0.2, 0.25) is 0 Å². The second-order valence-electron chi connectivity index (χ2n) is 3.90. The maximum atomic E-state index is 11.4. The van der Waals surface area contributed by atoms with E-state index in [-0.39, 0.29) is 12.2 Å². The Morgan fingerprint density at radius 2 is 2.05 bits per heavy atom. The molecule has 0 saturated heterocycles. The smallest absolute Gasteiger partial charge is 0.350 e. The SMILES string of the molecule is CCOC(=O)/C(C#N)=C\Nc1ccc(OCCOC)cc1. The Hall–Kier alpha value is -2.52. The van der Waals surface area contributed by atoms with Crippen LogP contribution in [0.25, 0.3) is 0 Å². The zero-order chi connectivity index (χ0) is 15.5. The third-order valence-corrected chi connectivity index (χ3v) is 2.41. The largest absolute Gasteiger partial charge is 0.491 e. The molecule has 1 rings (SSSR count). The van der Waals surface area contributed by atoms with E-state index >= 15 is 0 Å². The highest BCUT2D eigenvalue weighted by atomic mass is 16.5. The minimum atomic E-state index is -0.646. The van der Waals surface area contributed by atoms with Crippen molar-refractivity contribution < 1.29 is 19.0 Å². The van der Waals surface area contributed by atoms with Crippen LogP contribution in [-0.2, 0) is 14.3 Å². The van der Waals surface area contributed by atoms with Crippen LogP contribution in [0.5, 0.6) is 5.75 Å². The summed E-state index contributed by atoms with van der Waals surface area (Å²) in [6.07, 6.45) is 1.32. The van der Waals surface area contributed by atoms with E-state index in [1.54, 1.807) is 44.4 Å². The molecule has 6 nitrogen and oxygen atoms in total. The normalized spacial score (nSPS) is 10.6. The first-order valence-corrected chi connectivity index (χ1v) is 6.47. The molecule has 0 radical (unpaired) electrons. The lowest BCUT2D eigenvalue weighted by Crippen LogP contribution is -2.08. The summed E-state index contributed by atoms with van der Waals surface area (Å²) < 4.78 is 15.1. The number of hydrogen-bond acceptors (Lipinski definition) is 6. The van der Waals surface area contributed by atoms with Crippen molar-refractivity contribution in [2.24, 2.45) is 0 Å². The first-order chi connectivity index (χ1) is 10.2. The quantitative estimate of drug-likeness (QED) is 0.342. The molecule has 0 bridgehead atoms. The topological polar surface area (TPSA) is 80.6 Å². The van der Waals surface area contributed by atoms with Gasteiger partial charge < -0.3 is 19.5 Å². The first-order valence-electron chi connectivity index (χ1n) is 6.47. The molecule has 1 N–H and O–H groups in total. The fourth-order valence-corrected chi connectivity index (χ4v) is 1.39. The van der Waals surface area contributed by atoms with Crippen molar-refractivity contribution in [3.63, 3.8) is 0 Å². The highest BCUT2D eigenvalue weighted by molar-refractivity contribution is 5.93. The van der Waals surface area contributed by atoms with Gasteiger partial charge in [0.15, 0.2) is 5.57 Å². The summed E-state index contributed by atoms with van der Waals surface area (Å²) in [6, 6.07) is 8.90. The van der Waals surface area contributed by atoms with E-state index in [4.69, 9.17) is 19.5 Å². The number of nitrogens with one attached hydrogen (secondary N) is 1. The summed E-state index contributed by atoms with van der Waals surface area (Å²) in [4.78, 5) is 11.4. The Bertz CT molecular complexity index is 517. The molecule has 0 atom stereocenters. The van der Waals surface area contributed by atoms with Crippen LogP contribution >= 0.6 is 0 Å². The predicted octanol–water partition coefficient (Wildman–Crippen LogP) is 2.09. The Balaban J connectivity index is 2.58. The van der Waals surface area contributed by atoms with Crippen molar-refractivity contribution >= 4 is 11.7 Å². The molecule has 0 aliphatic carbocycles. The van der Waals surface area contributed by atoms with E-state index in [0.29, 0.717) is 19.0 Å². The van der Waals surface area contributed by atoms with E-state index in [9.17, 15) is 4.79 Å². The van der Waals surface area contributed by atoms with Crippen LogP contribution in [0.1, 0.15) is 6.92 Å². The number of nitrogens with zero attached hydrogens (tertiary/aromatic N) is 1. The summed E-state index contributed by atoms with van der Waals surface area (Å²) in [7, 11) is 1.61. The number of carbonyl (C=O) groups excluding carboxylic acids is 1. The predicted molar refractivity (Wildman–Crippen MR) is 77.8 cm³/mol. The molecule has 0 aliphatic heterocycles. The fourth-order valence-electron chi connectivity index (χ4n) is 1.39. The molecule has 0 saturated carbocycles. The van der Waals surface area contributed by atoms with Crippen molar-refractivity contribution in [2.45, 2.75) is 6.92 Å². The molecule has 0 aliphatic rings. The molecular weight excluding hydrogens is 272 g/mol. The number of carbonyl (C=O) groups is 1. The van der Waals surface area contributed by atoms with Crippen molar-refractivity contribution in [3.8, 4) is 11.8 Å². The van der Waals surface area contributed by atoms with Gasteiger partial charge in [0.05, 0.1) is 13.2 Å². The maximum Gasteiger partial charge on any atom is 0.350 e. The number of ether oxygens (including phenoxy) is 3. The van der Waals surface area contributed by atoms with Gasteiger partial charge in [-0.05, 0) is 31.2 Å². The first kappa shape index (κ1) is 16.5. The third-order valence-electron chi connectivity index (χ3n) is 2.41. The van der Waals surface area contributed by atoms with E-state index < -0.39 is 5.97 Å². The lowest BCUT2D eigenvalue weighted by molar-refractivity contribution is -0.138. The van der Waals surface area contributed by atoms with E-state index in [1.165, 1.54) is 6.20 Å². The Morgan fingerprint density at radius 3 is 2.62 bits per heavy atom. The van der Waals surface area contributed by atoms with Crippen LogP contribution in [0.15, 0.2) is 36.0 Å². The zero-order valence-electron chi connectivity index (χ0n) is 12.1. The Labute approximate surface area is 123 Å². The highest BCUT2D eigenvalue weighted by Crippen LogP contribution is 2.16. The second kappa shape index (κ2) is 9.39. The summed E-state index contributed by atoms with van der Waals surface area (Å²) in [5, 5.41) is 11.7. The lowest BCUT2D eigenvalue weighted by Gasteiger charge is -2.07. The van der Waals surface area contributed by atoms with E-state index in [2.05, 4.69) is 5.32 Å². The molecule has 21 heavy (non-hydrogen) atoms. The molecule has 1 aromatic rings. The van der Waals surface area contributed by atoms with Gasteiger partial charge in [-0.15, -0.1) is 0 Å². The van der Waals surface area contributed by atoms with Gasteiger partial charge in [-0.25, -0.2) is 4.79 Å². The van der Waals surface area contributed by atoms with Gasteiger partial charge >= 0.3 is 5.97 Å². The molecule has 112 valence electrons. The van der Waals surface area contributed by atoms with Crippen molar-refractivity contribution in [2.75, 3.05) is 32.2 Å². The Kier molecular flexibility index (Phi) is 7.40. The minimum Gasteiger partial charge on any atom is -0.491 e. The summed E-state index contributed by atoms with van der Waals surface area (Å²) in [6.45, 7) is 2.91. The summed E-state index contributed by atoms with van der Waals surface area (Å²) in [5.41, 5.74) is 0.642. The zero-order valence-corrected chi connectivity index (χ0v) is 12.1. The summed E-state index contributed by atoms with van der Waals surface area (Å²) in [5.74, 6) is 0.0690. The van der Waals surface area contributed by atoms with Crippen LogP contribution < -0.4 is 10.1 Å². The summed E-state index contributed by atoms with van der Waals surface area (Å²) >= 11 is 0. The van der Waals surface area contributed by atoms with Gasteiger partial charge in [0.1, 0.15) is 18.4 Å². The van der Waals surface area contributed by atoms with Crippen LogP contribution in [0, 0.1) is 11.3 Å². The van der Waals surface area contributed by atoms with Crippen molar-refractivity contribution in [1.29, 1.82) is 5.26 Å². The number of esters is 1. The third kappa shape index (κ3) is 5.97. The van der Waals surface area contributed by atoms with Gasteiger partial charge in [0, 0.05) is 19.0 Å². The number of rotatable bonds is 8. The average molecular weight is 290 g/mol. The van der Waals surface area contributed by atoms with Gasteiger partial charge in [-0.2, -0.15) is 5.26 Å². The number of benzene rings is 1. The second-order valence-corrected chi connectivity index (χ2v) is 3.90. The molecule has 0 heterocycles. The monoisotopic (exact) mass is 290 g/mol. The number of anilines is 1. The van der Waals surface area contributed by atoms with Crippen molar-refractivity contribution in [3.05, 3.63) is 36.0 Å². The average Bonchev–Trinajstić information content (AvgIpc) is 2.50. The Morgan fingerprint density at radius 1 is 1.33 bits per heavy atom.